The number of anilines is 2. The summed E-state index contributed by atoms with van der Waals surface area (Å²) in [6.07, 6.45) is 0. The zero-order valence-electron chi connectivity index (χ0n) is 18.1. The Balaban J connectivity index is 1.46. The second-order valence-electron chi connectivity index (χ2n) is 7.94. The van der Waals surface area contributed by atoms with Crippen molar-refractivity contribution in [2.75, 3.05) is 11.9 Å². The van der Waals surface area contributed by atoms with Crippen LogP contribution in [0.25, 0.3) is 33.4 Å². The summed E-state index contributed by atoms with van der Waals surface area (Å²) >= 11 is 0. The first-order chi connectivity index (χ1) is 15.8. The van der Waals surface area contributed by atoms with Gasteiger partial charge >= 0.3 is 0 Å². The maximum absolute atomic E-state index is 2.27. The minimum Gasteiger partial charge on any atom is -0.344 e. The van der Waals surface area contributed by atoms with Gasteiger partial charge in [-0.3, -0.25) is 0 Å². The molecule has 5 aromatic rings. The zero-order chi connectivity index (χ0) is 21.8. The van der Waals surface area contributed by atoms with E-state index in [1.807, 2.05) is 0 Å². The molecular weight excluding hydrogens is 386 g/mol. The fraction of sp³-hybridized carbons (Fsp3) is 0.0323. The monoisotopic (exact) mass is 411 g/mol. The summed E-state index contributed by atoms with van der Waals surface area (Å²) < 4.78 is 0. The van der Waals surface area contributed by atoms with Crippen molar-refractivity contribution >= 4 is 11.4 Å². The summed E-state index contributed by atoms with van der Waals surface area (Å²) in [6.45, 7) is 0. The molecule has 0 aliphatic rings. The Morgan fingerprint density at radius 1 is 0.406 bits per heavy atom. The Bertz CT molecular complexity index is 1310. The molecule has 5 aromatic carbocycles. The average molecular weight is 412 g/mol. The first-order valence-electron chi connectivity index (χ1n) is 10.9. The van der Waals surface area contributed by atoms with Crippen LogP contribution in [-0.4, -0.2) is 7.05 Å². The van der Waals surface area contributed by atoms with Gasteiger partial charge in [0, 0.05) is 24.0 Å². The van der Waals surface area contributed by atoms with Crippen LogP contribution in [0.2, 0.25) is 0 Å². The maximum atomic E-state index is 2.27. The molecule has 0 radical (unpaired) electrons. The van der Waals surface area contributed by atoms with Gasteiger partial charge in [-0.25, -0.2) is 0 Å². The Morgan fingerprint density at radius 2 is 0.906 bits per heavy atom. The first kappa shape index (κ1) is 19.8. The average Bonchev–Trinajstić information content (AvgIpc) is 2.89. The molecule has 0 aromatic heterocycles. The summed E-state index contributed by atoms with van der Waals surface area (Å²) in [4.78, 5) is 2.27. The lowest BCUT2D eigenvalue weighted by atomic mass is 9.99. The highest BCUT2D eigenvalue weighted by atomic mass is 15.1. The van der Waals surface area contributed by atoms with Gasteiger partial charge in [0.2, 0.25) is 0 Å². The van der Waals surface area contributed by atoms with Crippen LogP contribution in [0, 0.1) is 0 Å². The molecule has 0 fully saturated rings. The predicted molar refractivity (Wildman–Crippen MR) is 137 cm³/mol. The smallest absolute Gasteiger partial charge is 0.0487 e. The van der Waals surface area contributed by atoms with Crippen LogP contribution in [0.4, 0.5) is 11.4 Å². The van der Waals surface area contributed by atoms with Gasteiger partial charge in [-0.05, 0) is 46.0 Å². The molecule has 154 valence electrons. The summed E-state index contributed by atoms with van der Waals surface area (Å²) in [7, 11) is 2.14. The van der Waals surface area contributed by atoms with Crippen LogP contribution >= 0.6 is 0 Å². The molecule has 1 nitrogen and oxygen atoms in total. The van der Waals surface area contributed by atoms with Gasteiger partial charge in [-0.2, -0.15) is 0 Å². The van der Waals surface area contributed by atoms with Crippen LogP contribution in [0.5, 0.6) is 0 Å². The van der Waals surface area contributed by atoms with Gasteiger partial charge in [0.1, 0.15) is 0 Å². The fourth-order valence-electron chi connectivity index (χ4n) is 4.15. The standard InChI is InChI=1S/C31H25N/c1-32(31-18-9-8-17-30(31)27-13-6-3-7-14-27)29-16-10-15-28(23-29)26-21-19-25(20-22-26)24-11-4-2-5-12-24/h2-23H,1H3. The van der Waals surface area contributed by atoms with E-state index in [1.165, 1.54) is 39.1 Å². The lowest BCUT2D eigenvalue weighted by Gasteiger charge is -2.23. The van der Waals surface area contributed by atoms with Crippen LogP contribution < -0.4 is 4.90 Å². The molecule has 1 heteroatoms. The molecule has 0 saturated carbocycles. The highest BCUT2D eigenvalue weighted by Crippen LogP contribution is 2.35. The molecule has 0 amide bonds. The highest BCUT2D eigenvalue weighted by Gasteiger charge is 2.11. The van der Waals surface area contributed by atoms with Crippen molar-refractivity contribution in [2.24, 2.45) is 0 Å². The van der Waals surface area contributed by atoms with Gasteiger partial charge in [-0.15, -0.1) is 0 Å². The number of hydrogen-bond acceptors (Lipinski definition) is 1. The van der Waals surface area contributed by atoms with Crippen molar-refractivity contribution in [1.82, 2.24) is 0 Å². The van der Waals surface area contributed by atoms with Gasteiger partial charge in [0.15, 0.2) is 0 Å². The van der Waals surface area contributed by atoms with Crippen molar-refractivity contribution in [3.63, 3.8) is 0 Å². The normalized spacial score (nSPS) is 10.7. The molecule has 0 aliphatic carbocycles. The van der Waals surface area contributed by atoms with Crippen molar-refractivity contribution in [1.29, 1.82) is 0 Å². The Kier molecular flexibility index (Phi) is 5.55. The number of para-hydroxylation sites is 1. The van der Waals surface area contributed by atoms with Crippen LogP contribution in [-0.2, 0) is 0 Å². The number of hydrogen-bond donors (Lipinski definition) is 0. The third-order valence-corrected chi connectivity index (χ3v) is 5.91. The van der Waals surface area contributed by atoms with Gasteiger partial charge in [0.25, 0.3) is 0 Å². The van der Waals surface area contributed by atoms with Crippen LogP contribution in [0.3, 0.4) is 0 Å². The third-order valence-electron chi connectivity index (χ3n) is 5.91. The van der Waals surface area contributed by atoms with E-state index in [0.717, 1.165) is 5.69 Å². The van der Waals surface area contributed by atoms with E-state index >= 15 is 0 Å². The fourth-order valence-corrected chi connectivity index (χ4v) is 4.15. The van der Waals surface area contributed by atoms with Gasteiger partial charge in [0.05, 0.1) is 0 Å². The molecular formula is C31H25N. The molecule has 5 rings (SSSR count). The van der Waals surface area contributed by atoms with Crippen molar-refractivity contribution in [2.45, 2.75) is 0 Å². The lowest BCUT2D eigenvalue weighted by Crippen LogP contribution is -2.10. The molecule has 0 aliphatic heterocycles. The van der Waals surface area contributed by atoms with Gasteiger partial charge < -0.3 is 4.90 Å². The minimum atomic E-state index is 1.16. The third kappa shape index (κ3) is 4.06. The van der Waals surface area contributed by atoms with Crippen molar-refractivity contribution in [3.8, 4) is 33.4 Å². The van der Waals surface area contributed by atoms with Crippen LogP contribution in [0.15, 0.2) is 133 Å². The van der Waals surface area contributed by atoms with E-state index in [4.69, 9.17) is 0 Å². The second-order valence-corrected chi connectivity index (χ2v) is 7.94. The van der Waals surface area contributed by atoms with Gasteiger partial charge in [-0.1, -0.05) is 115 Å². The molecule has 32 heavy (non-hydrogen) atoms. The summed E-state index contributed by atoms with van der Waals surface area (Å²) in [6, 6.07) is 47.2. The lowest BCUT2D eigenvalue weighted by molar-refractivity contribution is 1.21. The molecule has 0 unspecified atom stereocenters. The quantitative estimate of drug-likeness (QED) is 0.280. The SMILES string of the molecule is CN(c1cccc(-c2ccc(-c3ccccc3)cc2)c1)c1ccccc1-c1ccccc1. The number of benzene rings is 5. The van der Waals surface area contributed by atoms with Crippen molar-refractivity contribution in [3.05, 3.63) is 133 Å². The zero-order valence-corrected chi connectivity index (χ0v) is 18.1. The summed E-state index contributed by atoms with van der Waals surface area (Å²) in [5.41, 5.74) is 9.72. The van der Waals surface area contributed by atoms with E-state index in [-0.39, 0.29) is 0 Å². The Labute approximate surface area is 190 Å². The van der Waals surface area contributed by atoms with E-state index in [1.54, 1.807) is 0 Å². The summed E-state index contributed by atoms with van der Waals surface area (Å²) in [5.74, 6) is 0. The Hall–Kier alpha value is -4.10. The van der Waals surface area contributed by atoms with E-state index in [0.29, 0.717) is 0 Å². The molecule has 0 N–H and O–H groups in total. The molecule has 0 bridgehead atoms. The van der Waals surface area contributed by atoms with E-state index in [2.05, 4.69) is 145 Å². The van der Waals surface area contributed by atoms with E-state index < -0.39 is 0 Å². The van der Waals surface area contributed by atoms with Crippen LogP contribution in [0.1, 0.15) is 0 Å². The predicted octanol–water partition coefficient (Wildman–Crippen LogP) is 8.46. The molecule has 0 saturated heterocycles. The van der Waals surface area contributed by atoms with E-state index in [9.17, 15) is 0 Å². The van der Waals surface area contributed by atoms with Crippen molar-refractivity contribution < 1.29 is 0 Å². The first-order valence-corrected chi connectivity index (χ1v) is 10.9. The number of nitrogens with zero attached hydrogens (tertiary/aromatic N) is 1. The highest BCUT2D eigenvalue weighted by molar-refractivity contribution is 5.83. The minimum absolute atomic E-state index is 1.16. The maximum Gasteiger partial charge on any atom is 0.0487 e. The largest absolute Gasteiger partial charge is 0.344 e. The second kappa shape index (κ2) is 8.95. The topological polar surface area (TPSA) is 3.24 Å². The molecule has 0 atom stereocenters. The summed E-state index contributed by atoms with van der Waals surface area (Å²) in [5, 5.41) is 0. The molecule has 0 spiro atoms. The molecule has 0 heterocycles. The Morgan fingerprint density at radius 3 is 1.59 bits per heavy atom. The number of rotatable bonds is 5.